The number of thiophene rings is 1. The molecule has 0 spiro atoms. The molecule has 25 heavy (non-hydrogen) atoms. The van der Waals surface area contributed by atoms with E-state index in [1.54, 1.807) is 17.9 Å². The van der Waals surface area contributed by atoms with E-state index in [0.717, 1.165) is 23.1 Å². The summed E-state index contributed by atoms with van der Waals surface area (Å²) in [5.41, 5.74) is 1.03. The van der Waals surface area contributed by atoms with Gasteiger partial charge in [-0.2, -0.15) is 9.40 Å². The number of carbonyl (C=O) groups is 2. The zero-order chi connectivity index (χ0) is 18.2. The van der Waals surface area contributed by atoms with Crippen molar-refractivity contribution in [2.75, 3.05) is 26.2 Å². The van der Waals surface area contributed by atoms with Crippen molar-refractivity contribution in [1.82, 2.24) is 19.4 Å². The Kier molecular flexibility index (Phi) is 4.62. The number of H-pyrrole nitrogens is 1. The number of rotatable bonds is 4. The minimum atomic E-state index is -3.76. The summed E-state index contributed by atoms with van der Waals surface area (Å²) in [7, 11) is -3.76. The van der Waals surface area contributed by atoms with E-state index in [-0.39, 0.29) is 41.9 Å². The molecule has 11 heteroatoms. The third-order valence-corrected chi connectivity index (χ3v) is 7.18. The minimum absolute atomic E-state index is 0.00685. The van der Waals surface area contributed by atoms with Gasteiger partial charge in [0, 0.05) is 37.3 Å². The number of aromatic carboxylic acids is 1. The fraction of sp³-hybridized carbons (Fsp3) is 0.357. The predicted molar refractivity (Wildman–Crippen MR) is 89.3 cm³/mol. The number of nitrogens with zero attached hydrogens (tertiary/aromatic N) is 3. The molecule has 1 saturated heterocycles. The number of sulfonamides is 1. The predicted octanol–water partition coefficient (Wildman–Crippen LogP) is 0.625. The summed E-state index contributed by atoms with van der Waals surface area (Å²) < 4.78 is 26.5. The number of nitrogens with one attached hydrogen (secondary N) is 1. The maximum Gasteiger partial charge on any atom is 0.336 e. The third-order valence-electron chi connectivity index (χ3n) is 3.87. The summed E-state index contributed by atoms with van der Waals surface area (Å²) in [6, 6.07) is 2.80. The van der Waals surface area contributed by atoms with E-state index >= 15 is 0 Å². The van der Waals surface area contributed by atoms with Crippen LogP contribution in [0, 0.1) is 6.92 Å². The molecular weight excluding hydrogens is 368 g/mol. The van der Waals surface area contributed by atoms with Crippen molar-refractivity contribution in [3.63, 3.8) is 0 Å². The highest BCUT2D eigenvalue weighted by Crippen LogP contribution is 2.25. The standard InChI is InChI=1S/C14H16N4O5S2/c1-9-6-11(16-15-9)13(19)17-2-4-18(5-3-17)25(22,23)12-7-10(8-24-12)14(20)21/h6-8H,2-5H2,1H3,(H,15,16)(H,20,21). The molecule has 0 aromatic carbocycles. The van der Waals surface area contributed by atoms with Crippen molar-refractivity contribution in [2.45, 2.75) is 11.1 Å². The number of carbonyl (C=O) groups excluding carboxylic acids is 1. The fourth-order valence-electron chi connectivity index (χ4n) is 2.51. The lowest BCUT2D eigenvalue weighted by Crippen LogP contribution is -2.50. The van der Waals surface area contributed by atoms with Crippen LogP contribution in [0.2, 0.25) is 0 Å². The summed E-state index contributed by atoms with van der Waals surface area (Å²) in [6.07, 6.45) is 0. The van der Waals surface area contributed by atoms with Crippen molar-refractivity contribution in [3.8, 4) is 0 Å². The molecule has 1 fully saturated rings. The second-order valence-corrected chi connectivity index (χ2v) is 8.67. The van der Waals surface area contributed by atoms with Gasteiger partial charge in [-0.15, -0.1) is 11.3 Å². The van der Waals surface area contributed by atoms with Crippen molar-refractivity contribution in [1.29, 1.82) is 0 Å². The minimum Gasteiger partial charge on any atom is -0.478 e. The number of hydrogen-bond acceptors (Lipinski definition) is 6. The van der Waals surface area contributed by atoms with Crippen LogP contribution >= 0.6 is 11.3 Å². The number of carboxylic acid groups (broad SMARTS) is 1. The van der Waals surface area contributed by atoms with Crippen LogP contribution in [0.25, 0.3) is 0 Å². The Balaban J connectivity index is 1.68. The van der Waals surface area contributed by atoms with E-state index in [0.29, 0.717) is 5.69 Å². The van der Waals surface area contributed by atoms with Crippen LogP contribution in [0.1, 0.15) is 26.5 Å². The summed E-state index contributed by atoms with van der Waals surface area (Å²) >= 11 is 0.880. The quantitative estimate of drug-likeness (QED) is 0.797. The molecule has 0 atom stereocenters. The van der Waals surface area contributed by atoms with Crippen molar-refractivity contribution >= 4 is 33.2 Å². The number of aryl methyl sites for hydroxylation is 1. The van der Waals surface area contributed by atoms with E-state index in [1.807, 2.05) is 0 Å². The van der Waals surface area contributed by atoms with Gasteiger partial charge in [0.15, 0.2) is 0 Å². The Labute approximate surface area is 147 Å². The SMILES string of the molecule is Cc1cc(C(=O)N2CCN(S(=O)(=O)c3cc(C(=O)O)cs3)CC2)n[nH]1. The highest BCUT2D eigenvalue weighted by molar-refractivity contribution is 7.91. The van der Waals surface area contributed by atoms with Gasteiger partial charge in [-0.25, -0.2) is 13.2 Å². The van der Waals surface area contributed by atoms with Gasteiger partial charge in [-0.3, -0.25) is 9.89 Å². The first kappa shape index (κ1) is 17.6. The second-order valence-electron chi connectivity index (χ2n) is 5.59. The third kappa shape index (κ3) is 3.43. The van der Waals surface area contributed by atoms with Gasteiger partial charge in [-0.05, 0) is 19.1 Å². The first-order valence-corrected chi connectivity index (χ1v) is 9.74. The maximum atomic E-state index is 12.6. The van der Waals surface area contributed by atoms with Crippen LogP contribution in [0.4, 0.5) is 0 Å². The second kappa shape index (κ2) is 6.58. The smallest absolute Gasteiger partial charge is 0.336 e. The molecule has 0 radical (unpaired) electrons. The summed E-state index contributed by atoms with van der Waals surface area (Å²) in [6.45, 7) is 2.60. The molecule has 1 aliphatic heterocycles. The monoisotopic (exact) mass is 384 g/mol. The molecule has 2 aromatic heterocycles. The summed E-state index contributed by atoms with van der Waals surface area (Å²) in [5.74, 6) is -1.41. The Hall–Kier alpha value is -2.24. The number of hydrogen-bond donors (Lipinski definition) is 2. The zero-order valence-electron chi connectivity index (χ0n) is 13.3. The van der Waals surface area contributed by atoms with Gasteiger partial charge >= 0.3 is 5.97 Å². The van der Waals surface area contributed by atoms with Crippen molar-refractivity contribution in [2.24, 2.45) is 0 Å². The normalized spacial score (nSPS) is 16.1. The molecule has 0 bridgehead atoms. The molecule has 0 unspecified atom stereocenters. The van der Waals surface area contributed by atoms with Gasteiger partial charge in [0.25, 0.3) is 15.9 Å². The van der Waals surface area contributed by atoms with Gasteiger partial charge < -0.3 is 10.0 Å². The highest BCUT2D eigenvalue weighted by Gasteiger charge is 2.32. The molecule has 3 heterocycles. The van der Waals surface area contributed by atoms with Crippen LogP contribution < -0.4 is 0 Å². The first-order chi connectivity index (χ1) is 11.8. The molecule has 1 aliphatic rings. The lowest BCUT2D eigenvalue weighted by atomic mass is 10.3. The van der Waals surface area contributed by atoms with Crippen LogP contribution in [-0.4, -0.2) is 71.0 Å². The number of aromatic nitrogens is 2. The van der Waals surface area contributed by atoms with Gasteiger partial charge in [0.1, 0.15) is 9.90 Å². The summed E-state index contributed by atoms with van der Waals surface area (Å²) in [5, 5.41) is 16.9. The Morgan fingerprint density at radius 3 is 2.44 bits per heavy atom. The topological polar surface area (TPSA) is 124 Å². The lowest BCUT2D eigenvalue weighted by molar-refractivity contribution is 0.0685. The van der Waals surface area contributed by atoms with E-state index in [4.69, 9.17) is 5.11 Å². The number of aromatic amines is 1. The Morgan fingerprint density at radius 1 is 1.24 bits per heavy atom. The Morgan fingerprint density at radius 2 is 1.92 bits per heavy atom. The average molecular weight is 384 g/mol. The summed E-state index contributed by atoms with van der Waals surface area (Å²) in [4.78, 5) is 24.8. The van der Waals surface area contributed by atoms with Gasteiger partial charge in [0.2, 0.25) is 0 Å². The van der Waals surface area contributed by atoms with Crippen LogP contribution in [0.3, 0.4) is 0 Å². The average Bonchev–Trinajstić information content (AvgIpc) is 3.24. The van der Waals surface area contributed by atoms with Crippen molar-refractivity contribution < 1.29 is 23.1 Å². The number of amides is 1. The molecular formula is C14H16N4O5S2. The lowest BCUT2D eigenvalue weighted by Gasteiger charge is -2.33. The zero-order valence-corrected chi connectivity index (χ0v) is 14.9. The molecule has 3 rings (SSSR count). The van der Waals surface area contributed by atoms with Crippen LogP contribution in [0.15, 0.2) is 21.7 Å². The molecule has 2 aromatic rings. The maximum absolute atomic E-state index is 12.6. The van der Waals surface area contributed by atoms with Gasteiger partial charge in [-0.1, -0.05) is 0 Å². The molecule has 2 N–H and O–H groups in total. The molecule has 9 nitrogen and oxygen atoms in total. The molecule has 0 aliphatic carbocycles. The van der Waals surface area contributed by atoms with Crippen LogP contribution in [-0.2, 0) is 10.0 Å². The van der Waals surface area contributed by atoms with Crippen molar-refractivity contribution in [3.05, 3.63) is 34.5 Å². The van der Waals surface area contributed by atoms with E-state index in [2.05, 4.69) is 10.2 Å². The first-order valence-electron chi connectivity index (χ1n) is 7.42. The van der Waals surface area contributed by atoms with E-state index in [9.17, 15) is 18.0 Å². The van der Waals surface area contributed by atoms with E-state index < -0.39 is 16.0 Å². The van der Waals surface area contributed by atoms with Crippen LogP contribution in [0.5, 0.6) is 0 Å². The molecule has 134 valence electrons. The Bertz CT molecular complexity index is 909. The number of piperazine rings is 1. The molecule has 1 amide bonds. The molecule has 0 saturated carbocycles. The van der Waals surface area contributed by atoms with E-state index in [1.165, 1.54) is 9.69 Å². The highest BCUT2D eigenvalue weighted by atomic mass is 32.2. The van der Waals surface area contributed by atoms with Gasteiger partial charge in [0.05, 0.1) is 5.56 Å². The number of carboxylic acids is 1. The largest absolute Gasteiger partial charge is 0.478 e. The fourth-order valence-corrected chi connectivity index (χ4v) is 5.24.